The van der Waals surface area contributed by atoms with E-state index in [1.54, 1.807) is 17.0 Å². The molecule has 1 N–H and O–H groups in total. The number of carbonyl (C=O) groups is 2. The molecule has 1 atom stereocenters. The van der Waals surface area contributed by atoms with Gasteiger partial charge >= 0.3 is 0 Å². The molecule has 2 aliphatic rings. The van der Waals surface area contributed by atoms with Crippen LogP contribution in [-0.4, -0.2) is 84.9 Å². The van der Waals surface area contributed by atoms with E-state index in [0.717, 1.165) is 39.0 Å². The molecule has 3 rings (SSSR count). The maximum Gasteiger partial charge on any atom is 0.254 e. The summed E-state index contributed by atoms with van der Waals surface area (Å²) in [6.45, 7) is 8.12. The zero-order valence-electron chi connectivity index (χ0n) is 16.7. The smallest absolute Gasteiger partial charge is 0.254 e. The average molecular weight is 391 g/mol. The molecular weight excluding hydrogens is 359 g/mol. The molecule has 2 aliphatic heterocycles. The van der Waals surface area contributed by atoms with Crippen molar-refractivity contribution >= 4 is 11.8 Å². The minimum Gasteiger partial charge on any atom is -0.340 e. The van der Waals surface area contributed by atoms with E-state index in [0.29, 0.717) is 44.2 Å². The van der Waals surface area contributed by atoms with Crippen LogP contribution < -0.4 is 5.32 Å². The van der Waals surface area contributed by atoms with Crippen LogP contribution in [0.4, 0.5) is 4.39 Å². The molecule has 1 unspecified atom stereocenters. The van der Waals surface area contributed by atoms with Gasteiger partial charge in [0, 0.05) is 57.3 Å². The van der Waals surface area contributed by atoms with Gasteiger partial charge in [-0.15, -0.1) is 0 Å². The van der Waals surface area contributed by atoms with E-state index in [2.05, 4.69) is 17.1 Å². The minimum atomic E-state index is -0.418. The summed E-state index contributed by atoms with van der Waals surface area (Å²) in [4.78, 5) is 31.6. The molecule has 1 aromatic rings. The third kappa shape index (κ3) is 5.29. The molecular formula is C21H31FN4O2. The van der Waals surface area contributed by atoms with Crippen LogP contribution in [0, 0.1) is 5.82 Å². The zero-order valence-corrected chi connectivity index (χ0v) is 16.7. The summed E-state index contributed by atoms with van der Waals surface area (Å²) in [5, 5.41) is 3.24. The van der Waals surface area contributed by atoms with Crippen LogP contribution >= 0.6 is 0 Å². The number of likely N-dealkylation sites (N-methyl/N-ethyl adjacent to an activating group) is 1. The van der Waals surface area contributed by atoms with Gasteiger partial charge in [-0.3, -0.25) is 14.5 Å². The molecule has 0 saturated carbocycles. The van der Waals surface area contributed by atoms with Gasteiger partial charge in [0.25, 0.3) is 5.91 Å². The number of benzene rings is 1. The third-order valence-corrected chi connectivity index (χ3v) is 5.76. The van der Waals surface area contributed by atoms with E-state index in [9.17, 15) is 14.0 Å². The first-order valence-corrected chi connectivity index (χ1v) is 10.4. The summed E-state index contributed by atoms with van der Waals surface area (Å²) in [5.74, 6) is -0.536. The van der Waals surface area contributed by atoms with E-state index in [4.69, 9.17) is 0 Å². The third-order valence-electron chi connectivity index (χ3n) is 5.76. The van der Waals surface area contributed by atoms with Gasteiger partial charge in [0.05, 0.1) is 0 Å². The van der Waals surface area contributed by atoms with Crippen molar-refractivity contribution in [2.24, 2.45) is 0 Å². The first-order valence-electron chi connectivity index (χ1n) is 10.4. The normalized spacial score (nSPS) is 20.4. The van der Waals surface area contributed by atoms with E-state index < -0.39 is 5.82 Å². The number of halogens is 1. The van der Waals surface area contributed by atoms with E-state index >= 15 is 0 Å². The molecule has 7 heteroatoms. The quantitative estimate of drug-likeness (QED) is 0.768. The molecule has 0 bridgehead atoms. The summed E-state index contributed by atoms with van der Waals surface area (Å²) in [7, 11) is 0. The second kappa shape index (κ2) is 9.98. The molecule has 2 heterocycles. The van der Waals surface area contributed by atoms with Crippen molar-refractivity contribution in [3.63, 3.8) is 0 Å². The molecule has 2 saturated heterocycles. The van der Waals surface area contributed by atoms with Crippen LogP contribution in [0.15, 0.2) is 24.3 Å². The predicted octanol–water partition coefficient (Wildman–Crippen LogP) is 1.57. The van der Waals surface area contributed by atoms with Gasteiger partial charge in [0.1, 0.15) is 5.82 Å². The number of carbonyl (C=O) groups excluding carboxylic acids is 2. The Labute approximate surface area is 166 Å². The zero-order chi connectivity index (χ0) is 19.9. The molecule has 1 aromatic carbocycles. The van der Waals surface area contributed by atoms with Crippen molar-refractivity contribution in [2.45, 2.75) is 32.2 Å². The molecule has 0 aromatic heterocycles. The fourth-order valence-electron chi connectivity index (χ4n) is 4.16. The van der Waals surface area contributed by atoms with Crippen LogP contribution in [0.1, 0.15) is 36.5 Å². The molecule has 0 spiro atoms. The second-order valence-corrected chi connectivity index (χ2v) is 7.57. The molecule has 2 fully saturated rings. The van der Waals surface area contributed by atoms with Crippen LogP contribution in [0.5, 0.6) is 0 Å². The molecule has 2 amide bonds. The van der Waals surface area contributed by atoms with Gasteiger partial charge in [-0.05, 0) is 44.1 Å². The van der Waals surface area contributed by atoms with Crippen LogP contribution in [0.3, 0.4) is 0 Å². The highest BCUT2D eigenvalue weighted by Crippen LogP contribution is 2.19. The number of hydrogen-bond donors (Lipinski definition) is 1. The molecule has 28 heavy (non-hydrogen) atoms. The Morgan fingerprint density at radius 2 is 2.04 bits per heavy atom. The van der Waals surface area contributed by atoms with Crippen molar-refractivity contribution < 1.29 is 14.0 Å². The fourth-order valence-corrected chi connectivity index (χ4v) is 4.16. The Kier molecular flexibility index (Phi) is 7.39. The maximum atomic E-state index is 13.6. The number of nitrogens with zero attached hydrogens (tertiary/aromatic N) is 3. The minimum absolute atomic E-state index is 0.0808. The summed E-state index contributed by atoms with van der Waals surface area (Å²) < 4.78 is 13.6. The lowest BCUT2D eigenvalue weighted by Crippen LogP contribution is -2.48. The van der Waals surface area contributed by atoms with E-state index in [1.165, 1.54) is 12.1 Å². The van der Waals surface area contributed by atoms with Crippen LogP contribution in [0.25, 0.3) is 0 Å². The standard InChI is InChI=1S/C21H31FN4O2/c1-2-24-11-4-7-19(24)16-26(21(28)17-5-3-6-18(22)15-17)12-8-20(27)25-13-9-23-10-14-25/h3,5-6,15,19,23H,2,4,7-14,16H2,1H3. The van der Waals surface area contributed by atoms with Gasteiger partial charge in [-0.1, -0.05) is 13.0 Å². The Morgan fingerprint density at radius 3 is 2.75 bits per heavy atom. The lowest BCUT2D eigenvalue weighted by molar-refractivity contribution is -0.132. The second-order valence-electron chi connectivity index (χ2n) is 7.57. The highest BCUT2D eigenvalue weighted by Gasteiger charge is 2.28. The first kappa shape index (κ1) is 20.7. The van der Waals surface area contributed by atoms with Crippen LogP contribution in [0.2, 0.25) is 0 Å². The first-order chi connectivity index (χ1) is 13.6. The Bertz CT molecular complexity index is 678. The average Bonchev–Trinajstić information content (AvgIpc) is 3.18. The topological polar surface area (TPSA) is 55.9 Å². The Hall–Kier alpha value is -1.99. The number of nitrogens with one attached hydrogen (secondary N) is 1. The lowest BCUT2D eigenvalue weighted by Gasteiger charge is -2.32. The van der Waals surface area contributed by atoms with Crippen molar-refractivity contribution in [3.05, 3.63) is 35.6 Å². The molecule has 0 radical (unpaired) electrons. The number of amides is 2. The summed E-state index contributed by atoms with van der Waals surface area (Å²) in [5.41, 5.74) is 0.343. The number of piperazine rings is 1. The van der Waals surface area contributed by atoms with Crippen molar-refractivity contribution in [1.82, 2.24) is 20.0 Å². The van der Waals surface area contributed by atoms with Crippen molar-refractivity contribution in [1.29, 1.82) is 0 Å². The van der Waals surface area contributed by atoms with Gasteiger partial charge in [0.15, 0.2) is 0 Å². The van der Waals surface area contributed by atoms with Gasteiger partial charge in [-0.2, -0.15) is 0 Å². The van der Waals surface area contributed by atoms with Gasteiger partial charge in [-0.25, -0.2) is 4.39 Å². The largest absolute Gasteiger partial charge is 0.340 e. The summed E-state index contributed by atoms with van der Waals surface area (Å²) in [6.07, 6.45) is 2.48. The molecule has 0 aliphatic carbocycles. The highest BCUT2D eigenvalue weighted by atomic mass is 19.1. The highest BCUT2D eigenvalue weighted by molar-refractivity contribution is 5.94. The summed E-state index contributed by atoms with van der Waals surface area (Å²) in [6, 6.07) is 6.12. The predicted molar refractivity (Wildman–Crippen MR) is 107 cm³/mol. The maximum absolute atomic E-state index is 13.6. The monoisotopic (exact) mass is 390 g/mol. The van der Waals surface area contributed by atoms with Crippen LogP contribution in [-0.2, 0) is 4.79 Å². The fraction of sp³-hybridized carbons (Fsp3) is 0.619. The number of hydrogen-bond acceptors (Lipinski definition) is 4. The molecule has 6 nitrogen and oxygen atoms in total. The van der Waals surface area contributed by atoms with Gasteiger partial charge in [0.2, 0.25) is 5.91 Å². The van der Waals surface area contributed by atoms with Gasteiger partial charge < -0.3 is 15.1 Å². The SMILES string of the molecule is CCN1CCCC1CN(CCC(=O)N1CCNCC1)C(=O)c1cccc(F)c1. The summed E-state index contributed by atoms with van der Waals surface area (Å²) >= 11 is 0. The Balaban J connectivity index is 1.68. The Morgan fingerprint density at radius 1 is 1.25 bits per heavy atom. The number of likely N-dealkylation sites (tertiary alicyclic amines) is 1. The van der Waals surface area contributed by atoms with E-state index in [1.807, 2.05) is 4.90 Å². The van der Waals surface area contributed by atoms with Crippen molar-refractivity contribution in [3.8, 4) is 0 Å². The number of rotatable bonds is 7. The van der Waals surface area contributed by atoms with E-state index in [-0.39, 0.29) is 11.8 Å². The lowest BCUT2D eigenvalue weighted by atomic mass is 10.1. The molecule has 154 valence electrons. The van der Waals surface area contributed by atoms with Crippen molar-refractivity contribution in [2.75, 3.05) is 52.4 Å².